The van der Waals surface area contributed by atoms with Crippen molar-refractivity contribution in [3.05, 3.63) is 94.3 Å². The third kappa shape index (κ3) is 6.82. The number of Topliss-reactive ketones (excluding diaryl/α,β-unsaturated/α-hetero) is 1. The van der Waals surface area contributed by atoms with Gasteiger partial charge in [0, 0.05) is 5.02 Å². The number of carbonyl (C=O) groups excluding carboxylic acids is 3. The summed E-state index contributed by atoms with van der Waals surface area (Å²) in [4.78, 5) is 38.8. The van der Waals surface area contributed by atoms with Crippen LogP contribution in [0.2, 0.25) is 5.02 Å². The minimum atomic E-state index is -1.01. The number of anilines is 1. The van der Waals surface area contributed by atoms with Crippen LogP contribution in [0.5, 0.6) is 23.0 Å². The highest BCUT2D eigenvalue weighted by molar-refractivity contribution is 6.52. The monoisotopic (exact) mass is 632 g/mol. The number of amides is 1. The van der Waals surface area contributed by atoms with Crippen molar-refractivity contribution in [2.24, 2.45) is 0 Å². The lowest BCUT2D eigenvalue weighted by atomic mass is 10.1. The molecule has 0 bridgehead atoms. The number of rotatable bonds is 13. The summed E-state index contributed by atoms with van der Waals surface area (Å²) in [6.07, 6.45) is 3.73. The normalized spacial score (nSPS) is 13.2. The lowest BCUT2D eigenvalue weighted by Crippen LogP contribution is -2.38. The Labute approximate surface area is 263 Å². The Bertz CT molecular complexity index is 1770. The van der Waals surface area contributed by atoms with Crippen LogP contribution in [-0.2, 0) is 17.9 Å². The van der Waals surface area contributed by atoms with Gasteiger partial charge in [0.05, 0.1) is 63.5 Å². The van der Waals surface area contributed by atoms with Crippen molar-refractivity contribution in [2.75, 3.05) is 32.8 Å². The Kier molecular flexibility index (Phi) is 9.45. The maximum Gasteiger partial charge on any atom is 0.299 e. The first-order valence-electron chi connectivity index (χ1n) is 13.7. The summed E-state index contributed by atoms with van der Waals surface area (Å²) in [6.45, 7) is 0.0675. The van der Waals surface area contributed by atoms with Gasteiger partial charge in [0.15, 0.2) is 17.3 Å². The molecular formula is C32H29ClN4O8. The molecule has 0 radical (unpaired) electrons. The van der Waals surface area contributed by atoms with Crippen LogP contribution >= 0.6 is 11.6 Å². The summed E-state index contributed by atoms with van der Waals surface area (Å²) < 4.78 is 23.3. The number of fused-ring (bicyclic) bond motifs is 1. The van der Waals surface area contributed by atoms with Crippen LogP contribution in [0, 0.1) is 0 Å². The molecule has 1 aromatic heterocycles. The predicted octanol–water partition coefficient (Wildman–Crippen LogP) is 4.02. The molecule has 2 heterocycles. The van der Waals surface area contributed by atoms with Gasteiger partial charge in [-0.1, -0.05) is 35.0 Å². The summed E-state index contributed by atoms with van der Waals surface area (Å²) in [5.74, 6) is 0.0134. The zero-order valence-electron chi connectivity index (χ0n) is 24.6. The van der Waals surface area contributed by atoms with Crippen LogP contribution in [0.25, 0.3) is 6.08 Å². The highest BCUT2D eigenvalue weighted by atomic mass is 35.5. The van der Waals surface area contributed by atoms with E-state index < -0.39 is 17.8 Å². The molecular weight excluding hydrogens is 604 g/mol. The van der Waals surface area contributed by atoms with Crippen molar-refractivity contribution in [3.8, 4) is 23.0 Å². The molecule has 5 rings (SSSR count). The number of ketones is 2. The standard InChI is InChI=1S/C32H29ClN4O8/c1-42-28-13-10-24(30(43-2)31(28)44-3)27(39)12-6-19-4-8-23(9-5-19)45-18-21-15-36(35-34-21)16-22(38)17-37-26-11-7-20(33)14-25(26)29(40)32(37)41/h4-15,22,38H,16-18H2,1-3H3/b12-6+. The van der Waals surface area contributed by atoms with Crippen molar-refractivity contribution in [1.82, 2.24) is 15.0 Å². The second kappa shape index (κ2) is 13.6. The number of allylic oxidation sites excluding steroid dienone is 1. The van der Waals surface area contributed by atoms with Crippen molar-refractivity contribution in [2.45, 2.75) is 19.3 Å². The van der Waals surface area contributed by atoms with E-state index in [1.165, 1.54) is 43.1 Å². The number of methoxy groups -OCH3 is 3. The third-order valence-electron chi connectivity index (χ3n) is 6.97. The molecule has 0 saturated carbocycles. The van der Waals surface area contributed by atoms with Gasteiger partial charge in [-0.15, -0.1) is 5.10 Å². The first kappa shape index (κ1) is 31.2. The Balaban J connectivity index is 1.14. The van der Waals surface area contributed by atoms with Crippen LogP contribution in [0.4, 0.5) is 5.69 Å². The topological polar surface area (TPSA) is 142 Å². The second-order valence-electron chi connectivity index (χ2n) is 9.93. The summed E-state index contributed by atoms with van der Waals surface area (Å²) in [5, 5.41) is 19.1. The summed E-state index contributed by atoms with van der Waals surface area (Å²) in [7, 11) is 4.44. The van der Waals surface area contributed by atoms with E-state index in [1.807, 2.05) is 0 Å². The van der Waals surface area contributed by atoms with Crippen LogP contribution in [0.1, 0.15) is 32.0 Å². The quantitative estimate of drug-likeness (QED) is 0.130. The molecule has 1 aliphatic heterocycles. The molecule has 0 fully saturated rings. The van der Waals surface area contributed by atoms with Gasteiger partial charge in [-0.25, -0.2) is 4.68 Å². The maximum absolute atomic E-state index is 12.9. The molecule has 4 aromatic rings. The lowest BCUT2D eigenvalue weighted by molar-refractivity contribution is -0.114. The van der Waals surface area contributed by atoms with Crippen molar-refractivity contribution in [3.63, 3.8) is 0 Å². The highest BCUT2D eigenvalue weighted by Crippen LogP contribution is 2.40. The van der Waals surface area contributed by atoms with E-state index in [1.54, 1.807) is 60.8 Å². The van der Waals surface area contributed by atoms with Crippen molar-refractivity contribution < 1.29 is 38.4 Å². The average Bonchev–Trinajstić information content (AvgIpc) is 3.59. The van der Waals surface area contributed by atoms with E-state index in [4.69, 9.17) is 30.5 Å². The van der Waals surface area contributed by atoms with E-state index >= 15 is 0 Å². The molecule has 0 aliphatic carbocycles. The van der Waals surface area contributed by atoms with Gasteiger partial charge in [0.1, 0.15) is 18.1 Å². The SMILES string of the molecule is COc1ccc(C(=O)/C=C/c2ccc(OCc3cn(CC(O)CN4C(=O)C(=O)c5cc(Cl)ccc54)nn3)cc2)c(OC)c1OC. The number of hydrogen-bond acceptors (Lipinski definition) is 10. The van der Waals surface area contributed by atoms with Crippen LogP contribution in [-0.4, -0.2) is 71.6 Å². The molecule has 45 heavy (non-hydrogen) atoms. The Hall–Kier alpha value is -5.20. The predicted molar refractivity (Wildman–Crippen MR) is 164 cm³/mol. The van der Waals surface area contributed by atoms with Gasteiger partial charge in [-0.05, 0) is 54.1 Å². The number of aliphatic hydroxyl groups is 1. The molecule has 232 valence electrons. The molecule has 1 amide bonds. The largest absolute Gasteiger partial charge is 0.493 e. The number of ether oxygens (including phenoxy) is 4. The minimum Gasteiger partial charge on any atom is -0.493 e. The van der Waals surface area contributed by atoms with E-state index in [-0.39, 0.29) is 36.8 Å². The lowest BCUT2D eigenvalue weighted by Gasteiger charge is -2.20. The van der Waals surface area contributed by atoms with Gasteiger partial charge >= 0.3 is 0 Å². The summed E-state index contributed by atoms with van der Waals surface area (Å²) in [6, 6.07) is 15.0. The number of nitrogens with zero attached hydrogens (tertiary/aromatic N) is 4. The first-order chi connectivity index (χ1) is 21.7. The molecule has 1 atom stereocenters. The molecule has 0 spiro atoms. The Morgan fingerprint density at radius 1 is 0.978 bits per heavy atom. The van der Waals surface area contributed by atoms with Crippen LogP contribution in [0.15, 0.2) is 66.9 Å². The van der Waals surface area contributed by atoms with Gasteiger partial charge in [-0.3, -0.25) is 14.4 Å². The van der Waals surface area contributed by atoms with E-state index in [0.29, 0.717) is 39.2 Å². The Morgan fingerprint density at radius 2 is 1.73 bits per heavy atom. The number of aliphatic hydroxyl groups excluding tert-OH is 1. The number of β-amino-alcohol motifs (C(OH)–C–C–N with tert-alkyl or cyclic N) is 1. The molecule has 1 N–H and O–H groups in total. The smallest absolute Gasteiger partial charge is 0.299 e. The number of benzene rings is 3. The molecule has 1 unspecified atom stereocenters. The van der Waals surface area contributed by atoms with Gasteiger partial charge in [0.2, 0.25) is 5.75 Å². The Morgan fingerprint density at radius 3 is 2.44 bits per heavy atom. The first-order valence-corrected chi connectivity index (χ1v) is 14.1. The number of carbonyl (C=O) groups is 3. The number of hydrogen-bond donors (Lipinski definition) is 1. The fourth-order valence-corrected chi connectivity index (χ4v) is 4.99. The number of aromatic nitrogens is 3. The van der Waals surface area contributed by atoms with Gasteiger partial charge in [-0.2, -0.15) is 0 Å². The number of halogens is 1. The average molecular weight is 633 g/mol. The molecule has 13 heteroatoms. The molecule has 3 aromatic carbocycles. The minimum absolute atomic E-state index is 0.0445. The summed E-state index contributed by atoms with van der Waals surface area (Å²) in [5.41, 5.74) is 2.26. The zero-order valence-corrected chi connectivity index (χ0v) is 25.4. The fourth-order valence-electron chi connectivity index (χ4n) is 4.82. The van der Waals surface area contributed by atoms with Crippen molar-refractivity contribution >= 4 is 40.8 Å². The second-order valence-corrected chi connectivity index (χ2v) is 10.4. The molecule has 0 saturated heterocycles. The third-order valence-corrected chi connectivity index (χ3v) is 7.21. The fraction of sp³-hybridized carbons (Fsp3) is 0.219. The molecule has 12 nitrogen and oxygen atoms in total. The van der Waals surface area contributed by atoms with Crippen molar-refractivity contribution in [1.29, 1.82) is 0 Å². The van der Waals surface area contributed by atoms with Gasteiger partial charge in [0.25, 0.3) is 11.7 Å². The van der Waals surface area contributed by atoms with Gasteiger partial charge < -0.3 is 29.0 Å². The van der Waals surface area contributed by atoms with Crippen LogP contribution < -0.4 is 23.8 Å². The highest BCUT2D eigenvalue weighted by Gasteiger charge is 2.36. The molecule has 1 aliphatic rings. The summed E-state index contributed by atoms with van der Waals surface area (Å²) >= 11 is 5.95. The maximum atomic E-state index is 12.9. The van der Waals surface area contributed by atoms with E-state index in [2.05, 4.69) is 10.3 Å². The van der Waals surface area contributed by atoms with E-state index in [0.717, 1.165) is 5.56 Å². The van der Waals surface area contributed by atoms with E-state index in [9.17, 15) is 19.5 Å². The zero-order chi connectivity index (χ0) is 32.1. The van der Waals surface area contributed by atoms with Crippen LogP contribution in [0.3, 0.4) is 0 Å².